The predicted octanol–water partition coefficient (Wildman–Crippen LogP) is 3.51. The Labute approximate surface area is 94.3 Å². The molecule has 1 nitrogen and oxygen atoms in total. The summed E-state index contributed by atoms with van der Waals surface area (Å²) in [7, 11) is 0. The Morgan fingerprint density at radius 2 is 1.93 bits per heavy atom. The summed E-state index contributed by atoms with van der Waals surface area (Å²) in [5.41, 5.74) is 0. The van der Waals surface area contributed by atoms with Crippen molar-refractivity contribution in [3.63, 3.8) is 0 Å². The van der Waals surface area contributed by atoms with Gasteiger partial charge in [-0.2, -0.15) is 0 Å². The van der Waals surface area contributed by atoms with Crippen LogP contribution in [0.4, 0.5) is 0 Å². The van der Waals surface area contributed by atoms with Crippen LogP contribution in [0.2, 0.25) is 0 Å². The molecule has 0 aromatic rings. The van der Waals surface area contributed by atoms with E-state index in [2.05, 4.69) is 11.8 Å². The van der Waals surface area contributed by atoms with Gasteiger partial charge in [-0.15, -0.1) is 11.8 Å². The second kappa shape index (κ2) is 7.77. The normalized spacial score (nSPS) is 19.3. The Bertz CT molecular complexity index is 205. The van der Waals surface area contributed by atoms with Crippen LogP contribution in [0.3, 0.4) is 0 Å². The maximum absolute atomic E-state index is 9.74. The molecule has 1 rings (SSSR count). The minimum Gasteiger partial charge on any atom is -0.393 e. The topological polar surface area (TPSA) is 20.2 Å². The molecule has 0 bridgehead atoms. The Balaban J connectivity index is 2.03. The number of hydrogen-bond acceptors (Lipinski definition) is 1. The van der Waals surface area contributed by atoms with Gasteiger partial charge in [0.2, 0.25) is 0 Å². The lowest BCUT2D eigenvalue weighted by Crippen LogP contribution is -2.12. The molecule has 1 fully saturated rings. The maximum Gasteiger partial charge on any atom is 0.0549 e. The lowest BCUT2D eigenvalue weighted by atomic mass is 9.85. The molecule has 0 aromatic carbocycles. The fraction of sp³-hybridized carbons (Fsp3) is 0.857. The molecule has 1 atom stereocenters. The number of aliphatic hydroxyl groups excluding tert-OH is 1. The van der Waals surface area contributed by atoms with Crippen LogP contribution in [-0.4, -0.2) is 11.2 Å². The maximum atomic E-state index is 9.74. The molecule has 1 saturated carbocycles. The largest absolute Gasteiger partial charge is 0.393 e. The minimum absolute atomic E-state index is 0.118. The van der Waals surface area contributed by atoms with Gasteiger partial charge in [0.1, 0.15) is 0 Å². The first-order valence-electron chi connectivity index (χ1n) is 6.40. The van der Waals surface area contributed by atoms with Crippen molar-refractivity contribution in [3.8, 4) is 11.8 Å². The molecule has 1 aliphatic carbocycles. The van der Waals surface area contributed by atoms with Gasteiger partial charge in [-0.25, -0.2) is 0 Å². The van der Waals surface area contributed by atoms with E-state index in [1.54, 1.807) is 0 Å². The van der Waals surface area contributed by atoms with Crippen LogP contribution in [0, 0.1) is 17.8 Å². The van der Waals surface area contributed by atoms with E-state index in [4.69, 9.17) is 0 Å². The molecule has 0 saturated heterocycles. The van der Waals surface area contributed by atoms with E-state index in [9.17, 15) is 5.11 Å². The van der Waals surface area contributed by atoms with E-state index in [0.717, 1.165) is 25.2 Å². The Kier molecular flexibility index (Phi) is 6.52. The van der Waals surface area contributed by atoms with Crippen molar-refractivity contribution in [2.75, 3.05) is 0 Å². The first kappa shape index (κ1) is 12.6. The average Bonchev–Trinajstić information content (AvgIpc) is 2.28. The molecular weight excluding hydrogens is 184 g/mol. The van der Waals surface area contributed by atoms with Gasteiger partial charge >= 0.3 is 0 Å². The molecule has 1 heteroatoms. The molecule has 15 heavy (non-hydrogen) atoms. The van der Waals surface area contributed by atoms with Crippen molar-refractivity contribution in [3.05, 3.63) is 0 Å². The van der Waals surface area contributed by atoms with E-state index in [0.29, 0.717) is 0 Å². The van der Waals surface area contributed by atoms with Crippen LogP contribution in [0.1, 0.15) is 64.7 Å². The van der Waals surface area contributed by atoms with Gasteiger partial charge in [0.25, 0.3) is 0 Å². The summed E-state index contributed by atoms with van der Waals surface area (Å²) in [6.45, 7) is 1.86. The van der Waals surface area contributed by atoms with Crippen LogP contribution in [0.5, 0.6) is 0 Å². The van der Waals surface area contributed by atoms with Gasteiger partial charge < -0.3 is 5.11 Å². The molecule has 0 spiro atoms. The van der Waals surface area contributed by atoms with E-state index < -0.39 is 0 Å². The lowest BCUT2D eigenvalue weighted by Gasteiger charge is -2.22. The molecule has 0 aromatic heterocycles. The van der Waals surface area contributed by atoms with Gasteiger partial charge in [0, 0.05) is 6.42 Å². The zero-order valence-electron chi connectivity index (χ0n) is 9.97. The van der Waals surface area contributed by atoms with E-state index >= 15 is 0 Å². The third-order valence-corrected chi connectivity index (χ3v) is 3.41. The molecule has 1 unspecified atom stereocenters. The van der Waals surface area contributed by atoms with Crippen molar-refractivity contribution in [1.82, 2.24) is 0 Å². The van der Waals surface area contributed by atoms with Crippen LogP contribution in [-0.2, 0) is 0 Å². The summed E-state index contributed by atoms with van der Waals surface area (Å²) in [6, 6.07) is 0. The number of hydrogen-bond donors (Lipinski definition) is 1. The Morgan fingerprint density at radius 3 is 2.60 bits per heavy atom. The van der Waals surface area contributed by atoms with E-state index in [-0.39, 0.29) is 6.10 Å². The Hall–Kier alpha value is -0.480. The van der Waals surface area contributed by atoms with E-state index in [1.165, 1.54) is 38.5 Å². The van der Waals surface area contributed by atoms with Crippen molar-refractivity contribution in [2.24, 2.45) is 5.92 Å². The Morgan fingerprint density at radius 1 is 1.20 bits per heavy atom. The molecule has 0 aliphatic heterocycles. The summed E-state index contributed by atoms with van der Waals surface area (Å²) < 4.78 is 0. The van der Waals surface area contributed by atoms with Crippen LogP contribution < -0.4 is 0 Å². The predicted molar refractivity (Wildman–Crippen MR) is 64.5 cm³/mol. The van der Waals surface area contributed by atoms with Gasteiger partial charge in [-0.1, -0.05) is 32.1 Å². The third kappa shape index (κ3) is 5.85. The second-order valence-electron chi connectivity index (χ2n) is 4.70. The fourth-order valence-corrected chi connectivity index (χ4v) is 2.41. The SMILES string of the molecule is CC#CCCC(O)CCC1CCCCC1. The monoisotopic (exact) mass is 208 g/mol. The fourth-order valence-electron chi connectivity index (χ4n) is 2.41. The molecule has 0 amide bonds. The highest BCUT2D eigenvalue weighted by Gasteiger charge is 2.14. The summed E-state index contributed by atoms with van der Waals surface area (Å²) >= 11 is 0. The highest BCUT2D eigenvalue weighted by Crippen LogP contribution is 2.28. The standard InChI is InChI=1S/C14H24O/c1-2-3-5-10-14(15)12-11-13-8-6-4-7-9-13/h13-15H,4-12H2,1H3. The van der Waals surface area contributed by atoms with Gasteiger partial charge in [0.15, 0.2) is 0 Å². The van der Waals surface area contributed by atoms with E-state index in [1.807, 2.05) is 6.92 Å². The molecule has 86 valence electrons. The van der Waals surface area contributed by atoms with Crippen molar-refractivity contribution >= 4 is 0 Å². The smallest absolute Gasteiger partial charge is 0.0549 e. The summed E-state index contributed by atoms with van der Waals surface area (Å²) in [5, 5.41) is 9.74. The van der Waals surface area contributed by atoms with Crippen molar-refractivity contribution in [1.29, 1.82) is 0 Å². The zero-order chi connectivity index (χ0) is 10.9. The van der Waals surface area contributed by atoms with Gasteiger partial charge in [-0.05, 0) is 32.1 Å². The molecule has 1 N–H and O–H groups in total. The first-order valence-corrected chi connectivity index (χ1v) is 6.40. The van der Waals surface area contributed by atoms with Crippen LogP contribution in [0.15, 0.2) is 0 Å². The van der Waals surface area contributed by atoms with Gasteiger partial charge in [0.05, 0.1) is 6.10 Å². The second-order valence-corrected chi connectivity index (χ2v) is 4.70. The van der Waals surface area contributed by atoms with Gasteiger partial charge in [-0.3, -0.25) is 0 Å². The molecule has 0 radical (unpaired) electrons. The van der Waals surface area contributed by atoms with Crippen molar-refractivity contribution < 1.29 is 5.11 Å². The van der Waals surface area contributed by atoms with Crippen LogP contribution in [0.25, 0.3) is 0 Å². The molecule has 0 heterocycles. The zero-order valence-corrected chi connectivity index (χ0v) is 9.97. The first-order chi connectivity index (χ1) is 7.33. The van der Waals surface area contributed by atoms with Crippen molar-refractivity contribution in [2.45, 2.75) is 70.8 Å². The van der Waals surface area contributed by atoms with Crippen LogP contribution >= 0.6 is 0 Å². The molecule has 1 aliphatic rings. The summed E-state index contributed by atoms with van der Waals surface area (Å²) in [5.74, 6) is 6.77. The highest BCUT2D eigenvalue weighted by atomic mass is 16.3. The quantitative estimate of drug-likeness (QED) is 0.685. The average molecular weight is 208 g/mol. The summed E-state index contributed by atoms with van der Waals surface area (Å²) in [6.07, 6.45) is 10.8. The highest BCUT2D eigenvalue weighted by molar-refractivity contribution is 4.95. The summed E-state index contributed by atoms with van der Waals surface area (Å²) in [4.78, 5) is 0. The number of rotatable bonds is 5. The minimum atomic E-state index is -0.118. The molecular formula is C14H24O. The number of aliphatic hydroxyl groups is 1. The lowest BCUT2D eigenvalue weighted by molar-refractivity contribution is 0.142. The third-order valence-electron chi connectivity index (χ3n) is 3.41.